The average Bonchev–Trinajstić information content (AvgIpc) is 3.09. The zero-order valence-corrected chi connectivity index (χ0v) is 13.7. The Morgan fingerprint density at radius 3 is 3.00 bits per heavy atom. The minimum absolute atomic E-state index is 0.0724. The lowest BCUT2D eigenvalue weighted by molar-refractivity contribution is -0.125. The first kappa shape index (κ1) is 14.2. The molecule has 1 saturated heterocycles. The number of hydrogen-bond donors (Lipinski definition) is 1. The number of aryl methyl sites for hydroxylation is 1. The number of anilines is 1. The lowest BCUT2D eigenvalue weighted by atomic mass is 9.96. The molecule has 3 aliphatic rings. The summed E-state index contributed by atoms with van der Waals surface area (Å²) in [6, 6.07) is 0.431. The van der Waals surface area contributed by atoms with Crippen LogP contribution in [0.1, 0.15) is 43.4 Å². The Hall–Kier alpha value is -2.18. The second-order valence-corrected chi connectivity index (χ2v) is 7.25. The molecular weight excluding hydrogens is 304 g/mol. The van der Waals surface area contributed by atoms with Crippen molar-refractivity contribution in [1.82, 2.24) is 24.9 Å². The minimum Gasteiger partial charge on any atom is -0.355 e. The van der Waals surface area contributed by atoms with Crippen molar-refractivity contribution in [2.75, 3.05) is 18.0 Å². The van der Waals surface area contributed by atoms with Gasteiger partial charge >= 0.3 is 0 Å². The van der Waals surface area contributed by atoms with E-state index >= 15 is 0 Å². The van der Waals surface area contributed by atoms with E-state index in [0.29, 0.717) is 11.8 Å². The van der Waals surface area contributed by atoms with Gasteiger partial charge in [0.2, 0.25) is 5.91 Å². The summed E-state index contributed by atoms with van der Waals surface area (Å²) in [5.41, 5.74) is 2.46. The van der Waals surface area contributed by atoms with Crippen molar-refractivity contribution < 1.29 is 4.79 Å². The van der Waals surface area contributed by atoms with Gasteiger partial charge in [-0.05, 0) is 44.9 Å². The monoisotopic (exact) mass is 326 g/mol. The lowest BCUT2D eigenvalue weighted by Gasteiger charge is -2.34. The highest BCUT2D eigenvalue weighted by atomic mass is 16.2. The summed E-state index contributed by atoms with van der Waals surface area (Å²) in [5, 5.41) is 7.57. The van der Waals surface area contributed by atoms with Gasteiger partial charge in [0.05, 0.1) is 11.6 Å². The van der Waals surface area contributed by atoms with Crippen LogP contribution in [0.4, 0.5) is 5.82 Å². The number of nitrogens with one attached hydrogen (secondary N) is 1. The van der Waals surface area contributed by atoms with Crippen LogP contribution in [0.3, 0.4) is 0 Å². The van der Waals surface area contributed by atoms with E-state index < -0.39 is 0 Å². The molecule has 2 aromatic rings. The molecule has 1 N–H and O–H groups in total. The molecule has 0 aromatic carbocycles. The number of fused-ring (bicyclic) bond motifs is 2. The van der Waals surface area contributed by atoms with Gasteiger partial charge in [-0.2, -0.15) is 14.6 Å². The molecule has 1 amide bonds. The van der Waals surface area contributed by atoms with E-state index in [1.807, 2.05) is 4.52 Å². The number of hydrogen-bond acceptors (Lipinski definition) is 5. The molecule has 0 unspecified atom stereocenters. The zero-order chi connectivity index (χ0) is 16.1. The fourth-order valence-corrected chi connectivity index (χ4v) is 4.06. The molecule has 7 nitrogen and oxygen atoms in total. The number of nitrogens with zero attached hydrogens (tertiary/aromatic N) is 5. The van der Waals surface area contributed by atoms with Gasteiger partial charge in [0.25, 0.3) is 5.78 Å². The fraction of sp³-hybridized carbons (Fsp3) is 0.647. The molecule has 24 heavy (non-hydrogen) atoms. The Morgan fingerprint density at radius 1 is 1.21 bits per heavy atom. The van der Waals surface area contributed by atoms with Gasteiger partial charge in [-0.3, -0.25) is 4.79 Å². The average molecular weight is 326 g/mol. The molecule has 0 bridgehead atoms. The van der Waals surface area contributed by atoms with Crippen LogP contribution in [0.15, 0.2) is 6.33 Å². The standard InChI is InChI=1S/C17H22N6O/c24-15(20-12-6-7-12)11-3-2-8-22(9-11)16-13-4-1-5-14(13)21-17-18-10-19-23(16)17/h10-12H,1-9H2,(H,20,24)/t11-/m0/s1. The summed E-state index contributed by atoms with van der Waals surface area (Å²) < 4.78 is 1.87. The van der Waals surface area contributed by atoms with Crippen molar-refractivity contribution in [3.8, 4) is 0 Å². The van der Waals surface area contributed by atoms with E-state index in [9.17, 15) is 4.79 Å². The highest BCUT2D eigenvalue weighted by Gasteiger charge is 2.33. The molecule has 0 spiro atoms. The molecule has 2 aromatic heterocycles. The van der Waals surface area contributed by atoms with Crippen molar-refractivity contribution >= 4 is 17.5 Å². The molecule has 1 atom stereocenters. The number of piperidine rings is 1. The van der Waals surface area contributed by atoms with Gasteiger partial charge in [0, 0.05) is 24.7 Å². The molecule has 2 aliphatic carbocycles. The van der Waals surface area contributed by atoms with Crippen molar-refractivity contribution in [2.24, 2.45) is 5.92 Å². The summed E-state index contributed by atoms with van der Waals surface area (Å²) in [4.78, 5) is 23.8. The van der Waals surface area contributed by atoms with E-state index in [4.69, 9.17) is 0 Å². The molecule has 1 saturated carbocycles. The van der Waals surface area contributed by atoms with Crippen LogP contribution in [-0.4, -0.2) is 44.6 Å². The maximum absolute atomic E-state index is 12.5. The smallest absolute Gasteiger partial charge is 0.254 e. The Kier molecular flexibility index (Phi) is 3.21. The molecule has 1 aliphatic heterocycles. The Labute approximate surface area is 140 Å². The Morgan fingerprint density at radius 2 is 2.12 bits per heavy atom. The third-order valence-corrected chi connectivity index (χ3v) is 5.44. The van der Waals surface area contributed by atoms with Crippen LogP contribution in [0.5, 0.6) is 0 Å². The number of carbonyl (C=O) groups excluding carboxylic acids is 1. The lowest BCUT2D eigenvalue weighted by Crippen LogP contribution is -2.44. The Balaban J connectivity index is 1.48. The van der Waals surface area contributed by atoms with Crippen LogP contribution < -0.4 is 10.2 Å². The summed E-state index contributed by atoms with van der Waals surface area (Å²) in [6.07, 6.45) is 9.07. The number of carbonyl (C=O) groups is 1. The normalized spacial score (nSPS) is 23.5. The van der Waals surface area contributed by atoms with Gasteiger partial charge in [-0.1, -0.05) is 0 Å². The van der Waals surface area contributed by atoms with E-state index in [1.54, 1.807) is 6.33 Å². The van der Waals surface area contributed by atoms with Crippen LogP contribution >= 0.6 is 0 Å². The predicted octanol–water partition coefficient (Wildman–Crippen LogP) is 1.11. The van der Waals surface area contributed by atoms with Crippen molar-refractivity contribution in [1.29, 1.82) is 0 Å². The molecule has 0 radical (unpaired) electrons. The minimum atomic E-state index is 0.0724. The number of amides is 1. The van der Waals surface area contributed by atoms with E-state index in [-0.39, 0.29) is 11.8 Å². The zero-order valence-electron chi connectivity index (χ0n) is 13.7. The van der Waals surface area contributed by atoms with Gasteiger partial charge in [0.1, 0.15) is 12.1 Å². The largest absolute Gasteiger partial charge is 0.355 e. The topological polar surface area (TPSA) is 75.4 Å². The summed E-state index contributed by atoms with van der Waals surface area (Å²) >= 11 is 0. The quantitative estimate of drug-likeness (QED) is 0.914. The molecule has 5 rings (SSSR count). The molecule has 2 fully saturated rings. The second-order valence-electron chi connectivity index (χ2n) is 7.25. The first-order valence-electron chi connectivity index (χ1n) is 9.06. The van der Waals surface area contributed by atoms with Gasteiger partial charge in [-0.15, -0.1) is 0 Å². The van der Waals surface area contributed by atoms with Gasteiger partial charge < -0.3 is 10.2 Å². The summed E-state index contributed by atoms with van der Waals surface area (Å²) in [5.74, 6) is 2.09. The summed E-state index contributed by atoms with van der Waals surface area (Å²) in [6.45, 7) is 1.74. The van der Waals surface area contributed by atoms with Crippen LogP contribution in [0.25, 0.3) is 5.78 Å². The Bertz CT molecular complexity index is 796. The van der Waals surface area contributed by atoms with E-state index in [2.05, 4.69) is 25.3 Å². The maximum atomic E-state index is 12.5. The second kappa shape index (κ2) is 5.43. The van der Waals surface area contributed by atoms with Gasteiger partial charge in [-0.25, -0.2) is 4.98 Å². The van der Waals surface area contributed by atoms with Gasteiger partial charge in [0.15, 0.2) is 0 Å². The van der Waals surface area contributed by atoms with E-state index in [1.165, 1.54) is 5.56 Å². The maximum Gasteiger partial charge on any atom is 0.254 e. The molecule has 126 valence electrons. The molecule has 7 heteroatoms. The third kappa shape index (κ3) is 2.34. The van der Waals surface area contributed by atoms with Crippen LogP contribution in [0.2, 0.25) is 0 Å². The highest BCUT2D eigenvalue weighted by Crippen LogP contribution is 2.33. The SMILES string of the molecule is O=C(NC1CC1)[C@H]1CCCN(c2c3c(nc4ncnn24)CCC3)C1. The number of rotatable bonds is 3. The van der Waals surface area contributed by atoms with Crippen LogP contribution in [-0.2, 0) is 17.6 Å². The summed E-state index contributed by atoms with van der Waals surface area (Å²) in [7, 11) is 0. The van der Waals surface area contributed by atoms with Crippen molar-refractivity contribution in [2.45, 2.75) is 51.0 Å². The third-order valence-electron chi connectivity index (χ3n) is 5.44. The van der Waals surface area contributed by atoms with Crippen molar-refractivity contribution in [3.63, 3.8) is 0 Å². The first-order valence-corrected chi connectivity index (χ1v) is 9.06. The predicted molar refractivity (Wildman–Crippen MR) is 88.9 cm³/mol. The number of aromatic nitrogens is 4. The van der Waals surface area contributed by atoms with Crippen LogP contribution in [0, 0.1) is 5.92 Å². The molecule has 3 heterocycles. The van der Waals surface area contributed by atoms with E-state index in [0.717, 1.165) is 69.5 Å². The first-order chi connectivity index (χ1) is 11.8. The molecular formula is C17H22N6O. The fourth-order valence-electron chi connectivity index (χ4n) is 4.06. The van der Waals surface area contributed by atoms with Crippen molar-refractivity contribution in [3.05, 3.63) is 17.6 Å². The highest BCUT2D eigenvalue weighted by molar-refractivity contribution is 5.80.